The van der Waals surface area contributed by atoms with Crippen LogP contribution in [0.3, 0.4) is 0 Å². The highest BCUT2D eigenvalue weighted by atomic mass is 32.2. The summed E-state index contributed by atoms with van der Waals surface area (Å²) < 4.78 is 5.35. The molecule has 0 heterocycles. The first-order valence-corrected chi connectivity index (χ1v) is 7.80. The van der Waals surface area contributed by atoms with Crippen molar-refractivity contribution in [2.75, 3.05) is 24.3 Å². The predicted molar refractivity (Wildman–Crippen MR) is 82.0 cm³/mol. The van der Waals surface area contributed by atoms with E-state index >= 15 is 0 Å². The van der Waals surface area contributed by atoms with Crippen LogP contribution in [-0.2, 0) is 0 Å². The smallest absolute Gasteiger partial charge is 0.251 e. The highest BCUT2D eigenvalue weighted by Crippen LogP contribution is 2.22. The van der Waals surface area contributed by atoms with E-state index in [1.807, 2.05) is 13.8 Å². The highest BCUT2D eigenvalue weighted by molar-refractivity contribution is 7.98. The van der Waals surface area contributed by atoms with Gasteiger partial charge >= 0.3 is 0 Å². The minimum Gasteiger partial charge on any atom is -0.492 e. The number of carbonyl (C=O) groups is 1. The Morgan fingerprint density at radius 3 is 2.84 bits per heavy atom. The monoisotopic (exact) mass is 282 g/mol. The van der Waals surface area contributed by atoms with Gasteiger partial charge in [0.2, 0.25) is 0 Å². The molecule has 1 aromatic carbocycles. The molecule has 0 spiro atoms. The Kier molecular flexibility index (Phi) is 6.56. The summed E-state index contributed by atoms with van der Waals surface area (Å²) >= 11 is 1.77. The summed E-state index contributed by atoms with van der Waals surface area (Å²) in [7, 11) is 0. The standard InChI is InChI=1S/C14H22N2O2S/c1-4-18-13-6-5-11(9-12(13)15)14(17)16-10(2)7-8-19-3/h5-6,9-10H,4,7-8,15H2,1-3H3,(H,16,17). The average Bonchev–Trinajstić information content (AvgIpc) is 2.38. The van der Waals surface area contributed by atoms with Gasteiger partial charge in [-0.3, -0.25) is 4.79 Å². The first-order valence-electron chi connectivity index (χ1n) is 6.40. The van der Waals surface area contributed by atoms with Gasteiger partial charge in [0, 0.05) is 11.6 Å². The lowest BCUT2D eigenvalue weighted by Gasteiger charge is -2.14. The summed E-state index contributed by atoms with van der Waals surface area (Å²) in [4.78, 5) is 12.0. The van der Waals surface area contributed by atoms with Crippen molar-refractivity contribution in [2.24, 2.45) is 0 Å². The number of amides is 1. The number of benzene rings is 1. The third-order valence-corrected chi connectivity index (χ3v) is 3.35. The van der Waals surface area contributed by atoms with E-state index in [0.29, 0.717) is 23.6 Å². The molecule has 0 radical (unpaired) electrons. The first-order chi connectivity index (χ1) is 9.08. The van der Waals surface area contributed by atoms with Crippen LogP contribution in [0.25, 0.3) is 0 Å². The molecule has 4 nitrogen and oxygen atoms in total. The molecule has 0 aliphatic rings. The number of nitrogens with one attached hydrogen (secondary N) is 1. The largest absolute Gasteiger partial charge is 0.492 e. The number of carbonyl (C=O) groups excluding carboxylic acids is 1. The van der Waals surface area contributed by atoms with E-state index < -0.39 is 0 Å². The van der Waals surface area contributed by atoms with Crippen LogP contribution in [0.2, 0.25) is 0 Å². The molecule has 0 aliphatic heterocycles. The van der Waals surface area contributed by atoms with Crippen molar-refractivity contribution in [3.63, 3.8) is 0 Å². The Labute approximate surface area is 119 Å². The van der Waals surface area contributed by atoms with Gasteiger partial charge in [-0.05, 0) is 50.5 Å². The van der Waals surface area contributed by atoms with E-state index in [-0.39, 0.29) is 11.9 Å². The fourth-order valence-electron chi connectivity index (χ4n) is 1.65. The summed E-state index contributed by atoms with van der Waals surface area (Å²) in [6.45, 7) is 4.46. The van der Waals surface area contributed by atoms with Crippen molar-refractivity contribution in [1.29, 1.82) is 0 Å². The van der Waals surface area contributed by atoms with Crippen LogP contribution in [0.5, 0.6) is 5.75 Å². The van der Waals surface area contributed by atoms with Crippen molar-refractivity contribution in [1.82, 2.24) is 5.32 Å². The zero-order valence-electron chi connectivity index (χ0n) is 11.7. The number of nitrogen functional groups attached to an aromatic ring is 1. The van der Waals surface area contributed by atoms with Crippen molar-refractivity contribution >= 4 is 23.4 Å². The maximum atomic E-state index is 12.0. The van der Waals surface area contributed by atoms with Crippen LogP contribution in [-0.4, -0.2) is 30.6 Å². The highest BCUT2D eigenvalue weighted by Gasteiger charge is 2.11. The summed E-state index contributed by atoms with van der Waals surface area (Å²) in [5, 5.41) is 2.96. The molecule has 0 aliphatic carbocycles. The lowest BCUT2D eigenvalue weighted by atomic mass is 10.1. The van der Waals surface area contributed by atoms with Crippen LogP contribution in [0.1, 0.15) is 30.6 Å². The topological polar surface area (TPSA) is 64.3 Å². The van der Waals surface area contributed by atoms with E-state index in [1.165, 1.54) is 0 Å². The number of thioether (sulfide) groups is 1. The first kappa shape index (κ1) is 15.7. The van der Waals surface area contributed by atoms with Crippen LogP contribution in [0.4, 0.5) is 5.69 Å². The molecule has 0 fully saturated rings. The molecule has 106 valence electrons. The van der Waals surface area contributed by atoms with Gasteiger partial charge in [-0.1, -0.05) is 0 Å². The van der Waals surface area contributed by atoms with E-state index in [9.17, 15) is 4.79 Å². The zero-order chi connectivity index (χ0) is 14.3. The molecule has 3 N–H and O–H groups in total. The third-order valence-electron chi connectivity index (χ3n) is 2.70. The molecule has 19 heavy (non-hydrogen) atoms. The Bertz CT molecular complexity index is 424. The fourth-order valence-corrected chi connectivity index (χ4v) is 2.24. The molecule has 5 heteroatoms. The Hall–Kier alpha value is -1.36. The van der Waals surface area contributed by atoms with Crippen LogP contribution >= 0.6 is 11.8 Å². The van der Waals surface area contributed by atoms with Crippen molar-refractivity contribution < 1.29 is 9.53 Å². The average molecular weight is 282 g/mol. The SMILES string of the molecule is CCOc1ccc(C(=O)NC(C)CCSC)cc1N. The molecule has 1 atom stereocenters. The second-order valence-corrected chi connectivity index (χ2v) is 5.33. The molecular weight excluding hydrogens is 260 g/mol. The van der Waals surface area contributed by atoms with E-state index in [2.05, 4.69) is 11.6 Å². The Balaban J connectivity index is 2.64. The van der Waals surface area contributed by atoms with Gasteiger partial charge in [0.25, 0.3) is 5.91 Å². The molecule has 0 saturated carbocycles. The van der Waals surface area contributed by atoms with Gasteiger partial charge in [-0.25, -0.2) is 0 Å². The van der Waals surface area contributed by atoms with Crippen LogP contribution in [0.15, 0.2) is 18.2 Å². The van der Waals surface area contributed by atoms with Crippen molar-refractivity contribution in [3.05, 3.63) is 23.8 Å². The van der Waals surface area contributed by atoms with Gasteiger partial charge in [0.05, 0.1) is 12.3 Å². The number of anilines is 1. The van der Waals surface area contributed by atoms with Crippen LogP contribution in [0, 0.1) is 0 Å². The molecule has 1 rings (SSSR count). The normalized spacial score (nSPS) is 11.9. The zero-order valence-corrected chi connectivity index (χ0v) is 12.5. The molecule has 0 bridgehead atoms. The maximum absolute atomic E-state index is 12.0. The minimum absolute atomic E-state index is 0.0941. The van der Waals surface area contributed by atoms with Gasteiger partial charge < -0.3 is 15.8 Å². The summed E-state index contributed by atoms with van der Waals surface area (Å²) in [5.74, 6) is 1.56. The number of hydrogen-bond acceptors (Lipinski definition) is 4. The van der Waals surface area contributed by atoms with Gasteiger partial charge in [-0.2, -0.15) is 11.8 Å². The van der Waals surface area contributed by atoms with Gasteiger partial charge in [0.1, 0.15) is 5.75 Å². The minimum atomic E-state index is -0.0941. The molecular formula is C14H22N2O2S. The lowest BCUT2D eigenvalue weighted by Crippen LogP contribution is -2.32. The maximum Gasteiger partial charge on any atom is 0.251 e. The predicted octanol–water partition coefficient (Wildman–Crippen LogP) is 2.54. The van der Waals surface area contributed by atoms with Crippen molar-refractivity contribution in [3.8, 4) is 5.75 Å². The number of rotatable bonds is 7. The van der Waals surface area contributed by atoms with E-state index in [0.717, 1.165) is 12.2 Å². The summed E-state index contributed by atoms with van der Waals surface area (Å²) in [6, 6.07) is 5.28. The van der Waals surface area contributed by atoms with Gasteiger partial charge in [-0.15, -0.1) is 0 Å². The van der Waals surface area contributed by atoms with Gasteiger partial charge in [0.15, 0.2) is 0 Å². The Morgan fingerprint density at radius 2 is 2.26 bits per heavy atom. The lowest BCUT2D eigenvalue weighted by molar-refractivity contribution is 0.0939. The number of nitrogens with two attached hydrogens (primary N) is 1. The molecule has 0 saturated heterocycles. The summed E-state index contributed by atoms with van der Waals surface area (Å²) in [6.07, 6.45) is 3.01. The molecule has 1 amide bonds. The molecule has 0 aromatic heterocycles. The third kappa shape index (κ3) is 5.03. The number of ether oxygens (including phenoxy) is 1. The number of hydrogen-bond donors (Lipinski definition) is 2. The van der Waals surface area contributed by atoms with E-state index in [1.54, 1.807) is 30.0 Å². The second-order valence-electron chi connectivity index (χ2n) is 4.34. The summed E-state index contributed by atoms with van der Waals surface area (Å²) in [5.41, 5.74) is 6.91. The Morgan fingerprint density at radius 1 is 1.53 bits per heavy atom. The fraction of sp³-hybridized carbons (Fsp3) is 0.500. The quantitative estimate of drug-likeness (QED) is 0.754. The van der Waals surface area contributed by atoms with Crippen molar-refractivity contribution in [2.45, 2.75) is 26.3 Å². The van der Waals surface area contributed by atoms with Crippen LogP contribution < -0.4 is 15.8 Å². The second kappa shape index (κ2) is 7.94. The molecule has 1 aromatic rings. The van der Waals surface area contributed by atoms with E-state index in [4.69, 9.17) is 10.5 Å². The molecule has 1 unspecified atom stereocenters.